The van der Waals surface area contributed by atoms with Crippen molar-refractivity contribution in [2.24, 2.45) is 11.0 Å². The normalized spacial score (nSPS) is 18.2. The Morgan fingerprint density at radius 1 is 1.29 bits per heavy atom. The predicted molar refractivity (Wildman–Crippen MR) is 93.8 cm³/mol. The van der Waals surface area contributed by atoms with Gasteiger partial charge in [-0.2, -0.15) is 5.10 Å². The van der Waals surface area contributed by atoms with E-state index in [-0.39, 0.29) is 0 Å². The quantitative estimate of drug-likeness (QED) is 0.454. The van der Waals surface area contributed by atoms with Gasteiger partial charge in [-0.1, -0.05) is 40.2 Å². The van der Waals surface area contributed by atoms with Crippen LogP contribution in [0.1, 0.15) is 19.3 Å². The number of hydrazone groups is 1. The van der Waals surface area contributed by atoms with Crippen molar-refractivity contribution in [2.45, 2.75) is 19.3 Å². The molecule has 3 nitrogen and oxygen atoms in total. The zero-order valence-electron chi connectivity index (χ0n) is 11.5. The molecule has 0 aliphatic heterocycles. The first kappa shape index (κ1) is 14.5. The lowest BCUT2D eigenvalue weighted by atomic mass is 9.96. The van der Waals surface area contributed by atoms with E-state index in [1.807, 2.05) is 23.7 Å². The van der Waals surface area contributed by atoms with Gasteiger partial charge in [0.15, 0.2) is 0 Å². The topological polar surface area (TPSA) is 37.3 Å². The molecule has 0 amide bonds. The summed E-state index contributed by atoms with van der Waals surface area (Å²) in [6.07, 6.45) is 9.90. The highest BCUT2D eigenvalue weighted by molar-refractivity contribution is 9.10. The monoisotopic (exact) mass is 361 g/mol. The van der Waals surface area contributed by atoms with Crippen molar-refractivity contribution in [3.8, 4) is 11.3 Å². The predicted octanol–water partition coefficient (Wildman–Crippen LogP) is 5.33. The lowest BCUT2D eigenvalue weighted by Gasteiger charge is -2.11. The first-order chi connectivity index (χ1) is 10.3. The van der Waals surface area contributed by atoms with Crippen molar-refractivity contribution in [3.63, 3.8) is 0 Å². The number of hydrogen-bond donors (Lipinski definition) is 1. The molecule has 1 aromatic carbocycles. The van der Waals surface area contributed by atoms with Crippen LogP contribution < -0.4 is 5.43 Å². The summed E-state index contributed by atoms with van der Waals surface area (Å²) < 4.78 is 1.07. The molecule has 1 heterocycles. The van der Waals surface area contributed by atoms with Crippen LogP contribution in [0.5, 0.6) is 0 Å². The molecule has 1 aliphatic rings. The molecule has 1 aromatic heterocycles. The van der Waals surface area contributed by atoms with E-state index in [0.717, 1.165) is 33.7 Å². The minimum absolute atomic E-state index is 0.549. The van der Waals surface area contributed by atoms with Crippen molar-refractivity contribution >= 4 is 38.6 Å². The van der Waals surface area contributed by atoms with Gasteiger partial charge in [0, 0.05) is 21.6 Å². The van der Waals surface area contributed by atoms with Gasteiger partial charge in [0.25, 0.3) is 0 Å². The number of benzene rings is 1. The fourth-order valence-corrected chi connectivity index (χ4v) is 3.16. The van der Waals surface area contributed by atoms with Crippen LogP contribution in [-0.4, -0.2) is 11.2 Å². The number of rotatable bonds is 4. The Morgan fingerprint density at radius 2 is 2.14 bits per heavy atom. The van der Waals surface area contributed by atoms with Crippen LogP contribution in [0.2, 0.25) is 0 Å². The fourth-order valence-electron chi connectivity index (χ4n) is 2.23. The standard InChI is InChI=1S/C16H16BrN3S/c17-14-8-6-13(7-9-14)15-11-21-16(19-15)20-18-10-12-4-2-1-3-5-12/h1-2,6-12H,3-5H2,(H,19,20)/b18-10-/t12-/m0/s1. The van der Waals surface area contributed by atoms with E-state index in [4.69, 9.17) is 0 Å². The van der Waals surface area contributed by atoms with Crippen LogP contribution in [0.25, 0.3) is 11.3 Å². The molecule has 2 aromatic rings. The zero-order valence-corrected chi connectivity index (χ0v) is 13.9. The molecule has 0 unspecified atom stereocenters. The molecule has 108 valence electrons. The second-order valence-corrected chi connectivity index (χ2v) is 6.75. The summed E-state index contributed by atoms with van der Waals surface area (Å²) in [5.74, 6) is 0.549. The minimum atomic E-state index is 0.549. The Labute approximate surface area is 136 Å². The Morgan fingerprint density at radius 3 is 2.90 bits per heavy atom. The average Bonchev–Trinajstić information content (AvgIpc) is 2.98. The number of thiazole rings is 1. The maximum atomic E-state index is 4.56. The first-order valence-corrected chi connectivity index (χ1v) is 8.64. The van der Waals surface area contributed by atoms with Crippen molar-refractivity contribution in [3.05, 3.63) is 46.3 Å². The van der Waals surface area contributed by atoms with Crippen LogP contribution >= 0.6 is 27.3 Å². The number of halogens is 1. The second-order valence-electron chi connectivity index (χ2n) is 4.98. The van der Waals surface area contributed by atoms with E-state index >= 15 is 0 Å². The molecule has 0 saturated heterocycles. The number of aromatic nitrogens is 1. The lowest BCUT2D eigenvalue weighted by molar-refractivity contribution is 0.627. The largest absolute Gasteiger partial charge is 0.253 e. The van der Waals surface area contributed by atoms with Crippen LogP contribution in [0, 0.1) is 5.92 Å². The molecule has 1 N–H and O–H groups in total. The third-order valence-electron chi connectivity index (χ3n) is 3.40. The summed E-state index contributed by atoms with van der Waals surface area (Å²) in [5.41, 5.74) is 5.13. The highest BCUT2D eigenvalue weighted by atomic mass is 79.9. The summed E-state index contributed by atoms with van der Waals surface area (Å²) in [6.45, 7) is 0. The van der Waals surface area contributed by atoms with E-state index in [2.05, 4.69) is 55.7 Å². The van der Waals surface area contributed by atoms with Gasteiger partial charge >= 0.3 is 0 Å². The molecule has 0 spiro atoms. The van der Waals surface area contributed by atoms with Crippen molar-refractivity contribution in [2.75, 3.05) is 5.43 Å². The van der Waals surface area contributed by atoms with E-state index < -0.39 is 0 Å². The van der Waals surface area contributed by atoms with Crippen LogP contribution in [-0.2, 0) is 0 Å². The van der Waals surface area contributed by atoms with Gasteiger partial charge in [0.05, 0.1) is 5.69 Å². The SMILES string of the molecule is Brc1ccc(-c2csc(N/N=C\[C@H]3CC=CCC3)n2)cc1. The van der Waals surface area contributed by atoms with E-state index in [0.29, 0.717) is 5.92 Å². The minimum Gasteiger partial charge on any atom is -0.253 e. The van der Waals surface area contributed by atoms with Gasteiger partial charge in [-0.15, -0.1) is 11.3 Å². The summed E-state index contributed by atoms with van der Waals surface area (Å²) >= 11 is 5.01. The van der Waals surface area contributed by atoms with Gasteiger partial charge < -0.3 is 0 Å². The van der Waals surface area contributed by atoms with Crippen LogP contribution in [0.15, 0.2) is 51.4 Å². The highest BCUT2D eigenvalue weighted by Gasteiger charge is 2.07. The summed E-state index contributed by atoms with van der Waals surface area (Å²) in [7, 11) is 0. The van der Waals surface area contributed by atoms with Crippen molar-refractivity contribution in [1.82, 2.24) is 4.98 Å². The van der Waals surface area contributed by atoms with E-state index in [1.165, 1.54) is 6.42 Å². The summed E-state index contributed by atoms with van der Waals surface area (Å²) in [5, 5.41) is 7.19. The van der Waals surface area contributed by atoms with Crippen LogP contribution in [0.4, 0.5) is 5.13 Å². The zero-order chi connectivity index (χ0) is 14.5. The third kappa shape index (κ3) is 4.02. The highest BCUT2D eigenvalue weighted by Crippen LogP contribution is 2.26. The third-order valence-corrected chi connectivity index (χ3v) is 4.67. The Hall–Kier alpha value is -1.46. The molecule has 0 radical (unpaired) electrons. The number of nitrogens with one attached hydrogen (secondary N) is 1. The maximum Gasteiger partial charge on any atom is 0.203 e. The van der Waals surface area contributed by atoms with E-state index in [1.54, 1.807) is 11.3 Å². The van der Waals surface area contributed by atoms with Gasteiger partial charge in [-0.3, -0.25) is 5.43 Å². The Bertz CT molecular complexity index is 646. The van der Waals surface area contributed by atoms with Crippen molar-refractivity contribution < 1.29 is 0 Å². The lowest BCUT2D eigenvalue weighted by Crippen LogP contribution is -2.04. The van der Waals surface area contributed by atoms with Crippen LogP contribution in [0.3, 0.4) is 0 Å². The summed E-state index contributed by atoms with van der Waals surface area (Å²) in [6, 6.07) is 8.16. The summed E-state index contributed by atoms with van der Waals surface area (Å²) in [4.78, 5) is 4.56. The number of hydrogen-bond acceptors (Lipinski definition) is 4. The van der Waals surface area contributed by atoms with Crippen molar-refractivity contribution in [1.29, 1.82) is 0 Å². The Balaban J connectivity index is 1.61. The molecule has 21 heavy (non-hydrogen) atoms. The van der Waals surface area contributed by atoms with Gasteiger partial charge in [0.2, 0.25) is 5.13 Å². The number of anilines is 1. The molecular weight excluding hydrogens is 346 g/mol. The molecule has 1 atom stereocenters. The molecule has 0 fully saturated rings. The molecule has 0 bridgehead atoms. The number of allylic oxidation sites excluding steroid dienone is 2. The molecule has 5 heteroatoms. The fraction of sp³-hybridized carbons (Fsp3) is 0.250. The first-order valence-electron chi connectivity index (χ1n) is 6.97. The maximum absolute atomic E-state index is 4.56. The molecule has 1 aliphatic carbocycles. The Kier molecular flexibility index (Phi) is 4.83. The van der Waals surface area contributed by atoms with Gasteiger partial charge in [-0.05, 0) is 37.3 Å². The van der Waals surface area contributed by atoms with E-state index in [9.17, 15) is 0 Å². The smallest absolute Gasteiger partial charge is 0.203 e. The second kappa shape index (κ2) is 7.00. The average molecular weight is 362 g/mol. The molecular formula is C16H16BrN3S. The van der Waals surface area contributed by atoms with Gasteiger partial charge in [-0.25, -0.2) is 4.98 Å². The van der Waals surface area contributed by atoms with Gasteiger partial charge in [0.1, 0.15) is 0 Å². The molecule has 3 rings (SSSR count). The number of nitrogens with zero attached hydrogens (tertiary/aromatic N) is 2. The molecule has 0 saturated carbocycles.